The lowest BCUT2D eigenvalue weighted by molar-refractivity contribution is 0.576. The van der Waals surface area contributed by atoms with Crippen molar-refractivity contribution in [1.82, 2.24) is 10.3 Å². The summed E-state index contributed by atoms with van der Waals surface area (Å²) in [4.78, 5) is 4.39. The van der Waals surface area contributed by atoms with Gasteiger partial charge in [-0.05, 0) is 43.3 Å². The summed E-state index contributed by atoms with van der Waals surface area (Å²) in [5, 5.41) is 3.31. The van der Waals surface area contributed by atoms with E-state index in [9.17, 15) is 0 Å². The van der Waals surface area contributed by atoms with Gasteiger partial charge < -0.3 is 5.32 Å². The summed E-state index contributed by atoms with van der Waals surface area (Å²) in [6.07, 6.45) is 2.78. The minimum Gasteiger partial charge on any atom is -0.311 e. The van der Waals surface area contributed by atoms with E-state index in [1.807, 2.05) is 25.4 Å². The highest BCUT2D eigenvalue weighted by molar-refractivity contribution is 9.10. The van der Waals surface area contributed by atoms with E-state index in [-0.39, 0.29) is 6.04 Å². The van der Waals surface area contributed by atoms with Crippen molar-refractivity contribution in [1.29, 1.82) is 0 Å². The molecule has 1 aromatic carbocycles. The second-order valence-corrected chi connectivity index (χ2v) is 4.84. The quantitative estimate of drug-likeness (QED) is 0.934. The number of hydrogen-bond acceptors (Lipinski definition) is 2. The molecule has 0 aliphatic rings. The van der Waals surface area contributed by atoms with E-state index in [1.165, 1.54) is 5.56 Å². The summed E-state index contributed by atoms with van der Waals surface area (Å²) in [5.41, 5.74) is 2.39. The minimum absolute atomic E-state index is 0.261. The van der Waals surface area contributed by atoms with Crippen LogP contribution in [0.5, 0.6) is 0 Å². The molecule has 88 valence electrons. The van der Waals surface area contributed by atoms with Crippen LogP contribution in [0.1, 0.15) is 17.3 Å². The summed E-state index contributed by atoms with van der Waals surface area (Å²) in [5.74, 6) is 0. The van der Waals surface area contributed by atoms with Gasteiger partial charge in [0.1, 0.15) is 0 Å². The van der Waals surface area contributed by atoms with Crippen LogP contribution in [-0.2, 0) is 6.42 Å². The molecule has 0 saturated carbocycles. The van der Waals surface area contributed by atoms with Gasteiger partial charge in [-0.25, -0.2) is 0 Å². The van der Waals surface area contributed by atoms with Crippen LogP contribution >= 0.6 is 15.9 Å². The van der Waals surface area contributed by atoms with Crippen molar-refractivity contribution in [2.24, 2.45) is 0 Å². The van der Waals surface area contributed by atoms with Crippen molar-refractivity contribution in [3.63, 3.8) is 0 Å². The van der Waals surface area contributed by atoms with Crippen LogP contribution < -0.4 is 5.32 Å². The third kappa shape index (κ3) is 3.38. The fraction of sp³-hybridized carbons (Fsp3) is 0.214. The van der Waals surface area contributed by atoms with Crippen LogP contribution in [-0.4, -0.2) is 12.0 Å². The molecule has 0 amide bonds. The highest BCUT2D eigenvalue weighted by atomic mass is 79.9. The van der Waals surface area contributed by atoms with E-state index in [0.717, 1.165) is 16.6 Å². The number of halogens is 1. The first-order valence-electron chi connectivity index (χ1n) is 5.62. The molecule has 0 saturated heterocycles. The molecule has 2 rings (SSSR count). The molecule has 2 nitrogen and oxygen atoms in total. The Hall–Kier alpha value is -1.19. The molecule has 1 aromatic heterocycles. The molecule has 1 atom stereocenters. The Balaban J connectivity index is 2.13. The third-order valence-electron chi connectivity index (χ3n) is 2.75. The van der Waals surface area contributed by atoms with Gasteiger partial charge in [-0.15, -0.1) is 0 Å². The maximum absolute atomic E-state index is 4.39. The zero-order chi connectivity index (χ0) is 12.1. The highest BCUT2D eigenvalue weighted by Gasteiger charge is 2.10. The monoisotopic (exact) mass is 290 g/mol. The van der Waals surface area contributed by atoms with Crippen molar-refractivity contribution in [2.75, 3.05) is 7.05 Å². The smallest absolute Gasteiger partial charge is 0.0576 e. The molecule has 3 heteroatoms. The zero-order valence-corrected chi connectivity index (χ0v) is 11.3. The Morgan fingerprint density at radius 2 is 1.94 bits per heavy atom. The first kappa shape index (κ1) is 12.3. The SMILES string of the molecule is CNC(Cc1ccc(Br)cc1)c1ccccn1. The molecule has 0 radical (unpaired) electrons. The predicted molar refractivity (Wildman–Crippen MR) is 73.9 cm³/mol. The molecule has 2 aromatic rings. The maximum atomic E-state index is 4.39. The molecule has 17 heavy (non-hydrogen) atoms. The predicted octanol–water partition coefficient (Wildman–Crippen LogP) is 3.35. The number of hydrogen-bond donors (Lipinski definition) is 1. The van der Waals surface area contributed by atoms with Gasteiger partial charge in [-0.3, -0.25) is 4.98 Å². The van der Waals surface area contributed by atoms with Gasteiger partial charge in [0.05, 0.1) is 11.7 Å². The fourth-order valence-corrected chi connectivity index (χ4v) is 2.06. The number of nitrogens with one attached hydrogen (secondary N) is 1. The van der Waals surface area contributed by atoms with E-state index < -0.39 is 0 Å². The molecule has 0 spiro atoms. The van der Waals surface area contributed by atoms with Gasteiger partial charge in [0, 0.05) is 10.7 Å². The largest absolute Gasteiger partial charge is 0.311 e. The lowest BCUT2D eigenvalue weighted by atomic mass is 10.0. The molecule has 0 aliphatic carbocycles. The van der Waals surface area contributed by atoms with E-state index >= 15 is 0 Å². The van der Waals surface area contributed by atoms with Crippen molar-refractivity contribution in [3.05, 3.63) is 64.4 Å². The maximum Gasteiger partial charge on any atom is 0.0576 e. The van der Waals surface area contributed by atoms with Crippen molar-refractivity contribution < 1.29 is 0 Å². The van der Waals surface area contributed by atoms with Crippen LogP contribution in [0.3, 0.4) is 0 Å². The van der Waals surface area contributed by atoms with Crippen LogP contribution in [0.2, 0.25) is 0 Å². The van der Waals surface area contributed by atoms with Gasteiger partial charge in [0.15, 0.2) is 0 Å². The first-order chi connectivity index (χ1) is 8.29. The lowest BCUT2D eigenvalue weighted by Crippen LogP contribution is -2.19. The van der Waals surface area contributed by atoms with E-state index in [2.05, 4.69) is 56.6 Å². The minimum atomic E-state index is 0.261. The fourth-order valence-electron chi connectivity index (χ4n) is 1.79. The Kier molecular flexibility index (Phi) is 4.29. The van der Waals surface area contributed by atoms with Crippen molar-refractivity contribution >= 4 is 15.9 Å². The third-order valence-corrected chi connectivity index (χ3v) is 3.28. The Labute approximate surface area is 110 Å². The zero-order valence-electron chi connectivity index (χ0n) is 9.73. The second kappa shape index (κ2) is 5.94. The van der Waals surface area contributed by atoms with Crippen LogP contribution in [0.15, 0.2) is 53.1 Å². The number of likely N-dealkylation sites (N-methyl/N-ethyl adjacent to an activating group) is 1. The number of pyridine rings is 1. The van der Waals surface area contributed by atoms with Crippen molar-refractivity contribution in [2.45, 2.75) is 12.5 Å². The molecule has 1 unspecified atom stereocenters. The molecule has 0 bridgehead atoms. The molecule has 0 fully saturated rings. The molecular weight excluding hydrogens is 276 g/mol. The number of aromatic nitrogens is 1. The first-order valence-corrected chi connectivity index (χ1v) is 6.41. The molecule has 1 N–H and O–H groups in total. The van der Waals surface area contributed by atoms with Crippen LogP contribution in [0.25, 0.3) is 0 Å². The number of nitrogens with zero attached hydrogens (tertiary/aromatic N) is 1. The topological polar surface area (TPSA) is 24.9 Å². The second-order valence-electron chi connectivity index (χ2n) is 3.93. The Morgan fingerprint density at radius 3 is 2.53 bits per heavy atom. The summed E-state index contributed by atoms with van der Waals surface area (Å²) in [6.45, 7) is 0. The van der Waals surface area contributed by atoms with E-state index in [4.69, 9.17) is 0 Å². The van der Waals surface area contributed by atoms with Crippen LogP contribution in [0, 0.1) is 0 Å². The molecule has 0 aliphatic heterocycles. The highest BCUT2D eigenvalue weighted by Crippen LogP contribution is 2.18. The summed E-state index contributed by atoms with van der Waals surface area (Å²) >= 11 is 3.45. The van der Waals surface area contributed by atoms with E-state index in [0.29, 0.717) is 0 Å². The van der Waals surface area contributed by atoms with Crippen LogP contribution in [0.4, 0.5) is 0 Å². The van der Waals surface area contributed by atoms with Gasteiger partial charge >= 0.3 is 0 Å². The summed E-state index contributed by atoms with van der Waals surface area (Å²) in [7, 11) is 1.97. The average molecular weight is 291 g/mol. The summed E-state index contributed by atoms with van der Waals surface area (Å²) < 4.78 is 1.11. The Bertz CT molecular complexity index is 453. The lowest BCUT2D eigenvalue weighted by Gasteiger charge is -2.15. The molecular formula is C14H15BrN2. The van der Waals surface area contributed by atoms with E-state index in [1.54, 1.807) is 0 Å². The molecule has 1 heterocycles. The van der Waals surface area contributed by atoms with Gasteiger partial charge in [0.2, 0.25) is 0 Å². The van der Waals surface area contributed by atoms with Gasteiger partial charge in [-0.1, -0.05) is 34.1 Å². The average Bonchev–Trinajstić information content (AvgIpc) is 2.39. The standard InChI is InChI=1S/C14H15BrN2/c1-16-14(13-4-2-3-9-17-13)10-11-5-7-12(15)8-6-11/h2-9,14,16H,10H2,1H3. The number of rotatable bonds is 4. The van der Waals surface area contributed by atoms with Gasteiger partial charge in [-0.2, -0.15) is 0 Å². The van der Waals surface area contributed by atoms with Crippen molar-refractivity contribution in [3.8, 4) is 0 Å². The number of benzene rings is 1. The Morgan fingerprint density at radius 1 is 1.18 bits per heavy atom. The summed E-state index contributed by atoms with van der Waals surface area (Å²) in [6, 6.07) is 14.7. The van der Waals surface area contributed by atoms with Gasteiger partial charge in [0.25, 0.3) is 0 Å². The normalized spacial score (nSPS) is 12.4.